The predicted molar refractivity (Wildman–Crippen MR) is 161 cm³/mol. The Labute approximate surface area is 240 Å². The maximum absolute atomic E-state index is 11.9. The number of aryl methyl sites for hydroxylation is 1. The van der Waals surface area contributed by atoms with Crippen LogP contribution in [0, 0.1) is 6.92 Å². The first-order chi connectivity index (χ1) is 18.5. The summed E-state index contributed by atoms with van der Waals surface area (Å²) in [6, 6.07) is 5.78. The number of hydrogen-bond donors (Lipinski definition) is 2. The van der Waals surface area contributed by atoms with Gasteiger partial charge in [0.15, 0.2) is 0 Å². The number of likely N-dealkylation sites (N-methyl/N-ethyl adjacent to an activating group) is 1. The summed E-state index contributed by atoms with van der Waals surface area (Å²) in [6.07, 6.45) is 20.9. The molecule has 0 aliphatic rings. The van der Waals surface area contributed by atoms with Gasteiger partial charge in [0.25, 0.3) is 0 Å². The van der Waals surface area contributed by atoms with E-state index in [9.17, 15) is 17.8 Å². The SMILES string of the molecule is CCCCCCCCCCCCCCCCCC(=O)NCC[N+](C)(C)CCO.Cc1ccc(S(=O)(=O)[O-])cc1. The second kappa shape index (κ2) is 23.2. The van der Waals surface area contributed by atoms with Crippen molar-refractivity contribution >= 4 is 16.0 Å². The molecule has 0 heterocycles. The fourth-order valence-corrected chi connectivity index (χ4v) is 4.80. The fourth-order valence-electron chi connectivity index (χ4n) is 4.33. The van der Waals surface area contributed by atoms with Crippen molar-refractivity contribution in [3.63, 3.8) is 0 Å². The molecular formula is C31H58N2O5S. The number of hydrogen-bond acceptors (Lipinski definition) is 5. The van der Waals surface area contributed by atoms with Crippen LogP contribution in [0.2, 0.25) is 0 Å². The molecule has 8 heteroatoms. The second-order valence-corrected chi connectivity index (χ2v) is 12.8. The third-order valence-electron chi connectivity index (χ3n) is 7.06. The molecule has 228 valence electrons. The molecule has 39 heavy (non-hydrogen) atoms. The Morgan fingerprint density at radius 3 is 1.64 bits per heavy atom. The molecule has 7 nitrogen and oxygen atoms in total. The number of aliphatic hydroxyl groups excluding tert-OH is 1. The largest absolute Gasteiger partial charge is 0.744 e. The molecule has 0 atom stereocenters. The minimum Gasteiger partial charge on any atom is -0.744 e. The zero-order valence-electron chi connectivity index (χ0n) is 25.4. The average Bonchev–Trinajstić information content (AvgIpc) is 2.86. The molecule has 0 fully saturated rings. The first kappa shape index (κ1) is 37.5. The Morgan fingerprint density at radius 1 is 0.795 bits per heavy atom. The molecule has 0 aliphatic heterocycles. The van der Waals surface area contributed by atoms with Gasteiger partial charge in [0.1, 0.15) is 16.7 Å². The smallest absolute Gasteiger partial charge is 0.220 e. The third kappa shape index (κ3) is 24.1. The van der Waals surface area contributed by atoms with E-state index in [1.807, 2.05) is 6.92 Å². The van der Waals surface area contributed by atoms with Crippen molar-refractivity contribution in [3.05, 3.63) is 29.8 Å². The van der Waals surface area contributed by atoms with E-state index < -0.39 is 10.1 Å². The zero-order valence-corrected chi connectivity index (χ0v) is 26.2. The fraction of sp³-hybridized carbons (Fsp3) is 0.774. The van der Waals surface area contributed by atoms with Crippen LogP contribution in [-0.2, 0) is 14.9 Å². The number of nitrogens with zero attached hydrogens (tertiary/aromatic N) is 1. The molecule has 0 bridgehead atoms. The topological polar surface area (TPSA) is 107 Å². The summed E-state index contributed by atoms with van der Waals surface area (Å²) in [5.41, 5.74) is 0.928. The lowest BCUT2D eigenvalue weighted by Crippen LogP contribution is -2.46. The van der Waals surface area contributed by atoms with Gasteiger partial charge in [0, 0.05) is 6.42 Å². The maximum Gasteiger partial charge on any atom is 0.220 e. The Hall–Kier alpha value is -1.48. The number of quaternary nitrogens is 1. The third-order valence-corrected chi connectivity index (χ3v) is 7.91. The van der Waals surface area contributed by atoms with Gasteiger partial charge in [-0.25, -0.2) is 8.42 Å². The predicted octanol–water partition coefficient (Wildman–Crippen LogP) is 6.33. The van der Waals surface area contributed by atoms with Gasteiger partial charge in [0.2, 0.25) is 5.91 Å². The molecule has 2 N–H and O–H groups in total. The van der Waals surface area contributed by atoms with Gasteiger partial charge in [-0.3, -0.25) is 4.79 Å². The van der Waals surface area contributed by atoms with Gasteiger partial charge in [-0.15, -0.1) is 0 Å². The van der Waals surface area contributed by atoms with E-state index >= 15 is 0 Å². The van der Waals surface area contributed by atoms with Gasteiger partial charge in [-0.2, -0.15) is 0 Å². The number of nitrogens with one attached hydrogen (secondary N) is 1. The number of benzene rings is 1. The highest BCUT2D eigenvalue weighted by Gasteiger charge is 2.13. The van der Waals surface area contributed by atoms with Crippen LogP contribution in [0.3, 0.4) is 0 Å². The van der Waals surface area contributed by atoms with Gasteiger partial charge in [-0.1, -0.05) is 115 Å². The molecular weight excluding hydrogens is 512 g/mol. The van der Waals surface area contributed by atoms with Crippen molar-refractivity contribution in [2.75, 3.05) is 40.3 Å². The zero-order chi connectivity index (χ0) is 29.4. The lowest BCUT2D eigenvalue weighted by Gasteiger charge is -2.28. The van der Waals surface area contributed by atoms with Crippen molar-refractivity contribution in [1.29, 1.82) is 0 Å². The first-order valence-electron chi connectivity index (χ1n) is 15.2. The number of aliphatic hydroxyl groups is 1. The van der Waals surface area contributed by atoms with Gasteiger partial charge in [0.05, 0.1) is 38.7 Å². The van der Waals surface area contributed by atoms with Crippen molar-refractivity contribution in [2.45, 2.75) is 121 Å². The molecule has 1 aromatic rings. The molecule has 0 aliphatic carbocycles. The Morgan fingerprint density at radius 2 is 1.23 bits per heavy atom. The second-order valence-electron chi connectivity index (χ2n) is 11.4. The number of carbonyl (C=O) groups excluding carboxylic acids is 1. The quantitative estimate of drug-likeness (QED) is 0.0962. The summed E-state index contributed by atoms with van der Waals surface area (Å²) in [5, 5.41) is 12.0. The van der Waals surface area contributed by atoms with Crippen LogP contribution in [0.25, 0.3) is 0 Å². The molecule has 0 spiro atoms. The molecule has 0 saturated carbocycles. The minimum absolute atomic E-state index is 0.178. The van der Waals surface area contributed by atoms with Crippen LogP contribution in [0.4, 0.5) is 0 Å². The summed E-state index contributed by atoms with van der Waals surface area (Å²) in [7, 11) is -0.109. The molecule has 0 saturated heterocycles. The van der Waals surface area contributed by atoms with Crippen LogP contribution < -0.4 is 5.32 Å². The van der Waals surface area contributed by atoms with Gasteiger partial charge in [-0.05, 0) is 25.5 Å². The van der Waals surface area contributed by atoms with Crippen LogP contribution in [0.15, 0.2) is 29.2 Å². The van der Waals surface area contributed by atoms with E-state index in [0.717, 1.165) is 29.6 Å². The van der Waals surface area contributed by atoms with E-state index in [2.05, 4.69) is 26.3 Å². The Bertz CT molecular complexity index is 826. The van der Waals surface area contributed by atoms with Gasteiger partial charge < -0.3 is 19.5 Å². The Balaban J connectivity index is 0.00000108. The minimum atomic E-state index is -4.27. The highest BCUT2D eigenvalue weighted by atomic mass is 32.2. The van der Waals surface area contributed by atoms with Crippen molar-refractivity contribution in [2.24, 2.45) is 0 Å². The van der Waals surface area contributed by atoms with E-state index in [4.69, 9.17) is 5.11 Å². The molecule has 1 rings (SSSR count). The lowest BCUT2D eigenvalue weighted by molar-refractivity contribution is -0.889. The highest BCUT2D eigenvalue weighted by molar-refractivity contribution is 7.85. The molecule has 0 radical (unpaired) electrons. The number of rotatable bonds is 22. The number of amides is 1. The van der Waals surface area contributed by atoms with E-state index in [0.29, 0.717) is 13.0 Å². The molecule has 0 unspecified atom stereocenters. The first-order valence-corrected chi connectivity index (χ1v) is 16.6. The van der Waals surface area contributed by atoms with E-state index in [-0.39, 0.29) is 17.4 Å². The summed E-state index contributed by atoms with van der Waals surface area (Å²) in [6.45, 7) is 6.59. The van der Waals surface area contributed by atoms with Crippen LogP contribution in [0.1, 0.15) is 115 Å². The summed E-state index contributed by atoms with van der Waals surface area (Å²) in [5.74, 6) is 0.179. The average molecular weight is 571 g/mol. The normalized spacial score (nSPS) is 11.6. The van der Waals surface area contributed by atoms with Crippen molar-refractivity contribution in [3.8, 4) is 0 Å². The van der Waals surface area contributed by atoms with Gasteiger partial charge >= 0.3 is 0 Å². The van der Waals surface area contributed by atoms with Crippen molar-refractivity contribution < 1.29 is 27.4 Å². The van der Waals surface area contributed by atoms with Crippen LogP contribution in [0.5, 0.6) is 0 Å². The van der Waals surface area contributed by atoms with E-state index in [1.165, 1.54) is 102 Å². The summed E-state index contributed by atoms with van der Waals surface area (Å²) < 4.78 is 31.9. The standard InChI is InChI=1S/C24H50N2O2.C7H8O3S/c1-4-5-6-7-8-9-10-11-12-13-14-15-16-17-18-19-24(28)25-20-21-26(2,3)22-23-27;1-6-2-4-7(5-3-6)11(8,9)10/h27H,4-23H2,1-3H3;2-5H,1H3,(H,8,9,10). The van der Waals surface area contributed by atoms with Crippen LogP contribution >= 0.6 is 0 Å². The highest BCUT2D eigenvalue weighted by Crippen LogP contribution is 2.14. The number of carbonyl (C=O) groups is 1. The van der Waals surface area contributed by atoms with Crippen LogP contribution in [-0.4, -0.2) is 68.8 Å². The van der Waals surface area contributed by atoms with Crippen molar-refractivity contribution in [1.82, 2.24) is 5.32 Å². The summed E-state index contributed by atoms with van der Waals surface area (Å²) >= 11 is 0. The summed E-state index contributed by atoms with van der Waals surface area (Å²) in [4.78, 5) is 11.7. The monoisotopic (exact) mass is 570 g/mol. The number of unbranched alkanes of at least 4 members (excludes halogenated alkanes) is 14. The lowest BCUT2D eigenvalue weighted by atomic mass is 10.0. The van der Waals surface area contributed by atoms with E-state index in [1.54, 1.807) is 12.1 Å². The molecule has 1 aromatic carbocycles. The Kier molecular flexibility index (Phi) is 22.4. The molecule has 1 amide bonds. The maximum atomic E-state index is 11.9. The molecule has 0 aromatic heterocycles.